The van der Waals surface area contributed by atoms with Gasteiger partial charge in [-0.25, -0.2) is 4.79 Å². The van der Waals surface area contributed by atoms with Gasteiger partial charge in [0.15, 0.2) is 0 Å². The molecule has 0 fully saturated rings. The number of hydrogen-bond acceptors (Lipinski definition) is 3. The van der Waals surface area contributed by atoms with Crippen LogP contribution in [0.3, 0.4) is 0 Å². The molecule has 0 heterocycles. The molecule has 1 unspecified atom stereocenters. The molecule has 0 aliphatic heterocycles. The summed E-state index contributed by atoms with van der Waals surface area (Å²) in [5, 5.41) is 14.8. The molecule has 0 bridgehead atoms. The van der Waals surface area contributed by atoms with E-state index in [2.05, 4.69) is 22.8 Å². The van der Waals surface area contributed by atoms with Gasteiger partial charge in [0.25, 0.3) is 0 Å². The van der Waals surface area contributed by atoms with Crippen molar-refractivity contribution < 1.29 is 14.7 Å². The molecule has 172 valence electrons. The van der Waals surface area contributed by atoms with Crippen LogP contribution in [0.25, 0.3) is 0 Å². The first kappa shape index (κ1) is 24.4. The van der Waals surface area contributed by atoms with E-state index in [0.717, 1.165) is 16.2 Å². The minimum Gasteiger partial charge on any atom is -0.465 e. The number of benzene rings is 3. The summed E-state index contributed by atoms with van der Waals surface area (Å²) in [7, 11) is 0. The van der Waals surface area contributed by atoms with Gasteiger partial charge in [-0.15, -0.1) is 11.8 Å². The summed E-state index contributed by atoms with van der Waals surface area (Å²) in [6.45, 7) is 6.02. The molecule has 2 atom stereocenters. The van der Waals surface area contributed by atoms with Gasteiger partial charge < -0.3 is 15.7 Å². The topological polar surface area (TPSA) is 78.4 Å². The van der Waals surface area contributed by atoms with Crippen LogP contribution in [0.1, 0.15) is 37.8 Å². The van der Waals surface area contributed by atoms with Crippen LogP contribution in [-0.4, -0.2) is 23.1 Å². The Morgan fingerprint density at radius 1 is 0.879 bits per heavy atom. The maximum absolute atomic E-state index is 13.3. The molecule has 0 saturated heterocycles. The van der Waals surface area contributed by atoms with Crippen LogP contribution >= 0.6 is 11.8 Å². The van der Waals surface area contributed by atoms with Crippen LogP contribution in [0.4, 0.5) is 10.5 Å². The number of carbonyl (C=O) groups excluding carboxylic acids is 1. The van der Waals surface area contributed by atoms with Crippen molar-refractivity contribution in [1.82, 2.24) is 5.32 Å². The van der Waals surface area contributed by atoms with Crippen LogP contribution in [0.15, 0.2) is 89.8 Å². The number of carboxylic acid groups (broad SMARTS) is 1. The van der Waals surface area contributed by atoms with Gasteiger partial charge in [0.1, 0.15) is 6.04 Å². The Hall–Kier alpha value is -3.25. The molecule has 0 aliphatic carbocycles. The summed E-state index contributed by atoms with van der Waals surface area (Å²) >= 11 is 1.72. The van der Waals surface area contributed by atoms with Crippen LogP contribution in [0.2, 0.25) is 0 Å². The first-order chi connectivity index (χ1) is 15.7. The molecule has 33 heavy (non-hydrogen) atoms. The molecule has 6 heteroatoms. The lowest BCUT2D eigenvalue weighted by atomic mass is 9.72. The summed E-state index contributed by atoms with van der Waals surface area (Å²) in [6, 6.07) is 26.5. The fraction of sp³-hybridized carbons (Fsp3) is 0.259. The van der Waals surface area contributed by atoms with E-state index in [-0.39, 0.29) is 17.2 Å². The summed E-state index contributed by atoms with van der Waals surface area (Å²) in [4.78, 5) is 25.9. The molecule has 0 spiro atoms. The molecule has 0 radical (unpaired) electrons. The monoisotopic (exact) mass is 462 g/mol. The lowest BCUT2D eigenvalue weighted by Crippen LogP contribution is -2.50. The third-order valence-electron chi connectivity index (χ3n) is 5.36. The average molecular weight is 463 g/mol. The van der Waals surface area contributed by atoms with Gasteiger partial charge >= 0.3 is 6.09 Å². The summed E-state index contributed by atoms with van der Waals surface area (Å²) in [6.07, 6.45) is -1.23. The quantitative estimate of drug-likeness (QED) is 0.339. The Kier molecular flexibility index (Phi) is 8.17. The fourth-order valence-corrected chi connectivity index (χ4v) is 4.74. The van der Waals surface area contributed by atoms with Gasteiger partial charge in [0.05, 0.1) is 0 Å². The largest absolute Gasteiger partial charge is 0.465 e. The Morgan fingerprint density at radius 3 is 2.00 bits per heavy atom. The number of thioether (sulfide) groups is 1. The van der Waals surface area contributed by atoms with E-state index in [1.54, 1.807) is 11.8 Å². The first-order valence-corrected chi connectivity index (χ1v) is 11.8. The minimum atomic E-state index is -1.23. The maximum atomic E-state index is 13.3. The third kappa shape index (κ3) is 7.12. The van der Waals surface area contributed by atoms with Gasteiger partial charge in [-0.2, -0.15) is 0 Å². The van der Waals surface area contributed by atoms with Gasteiger partial charge in [-0.1, -0.05) is 81.4 Å². The lowest BCUT2D eigenvalue weighted by molar-refractivity contribution is -0.119. The summed E-state index contributed by atoms with van der Waals surface area (Å²) < 4.78 is 0. The molecule has 0 aromatic heterocycles. The molecule has 3 aromatic carbocycles. The van der Waals surface area contributed by atoms with E-state index in [0.29, 0.717) is 5.69 Å². The van der Waals surface area contributed by atoms with Gasteiger partial charge in [-0.3, -0.25) is 4.79 Å². The molecule has 0 saturated carbocycles. The molecule has 3 rings (SSSR count). The number of carbonyl (C=O) groups is 2. The molecular formula is C27H30N2O3S. The van der Waals surface area contributed by atoms with E-state index in [4.69, 9.17) is 0 Å². The van der Waals surface area contributed by atoms with Crippen molar-refractivity contribution in [1.29, 1.82) is 0 Å². The number of anilines is 1. The normalized spacial score (nSPS) is 13.1. The molecule has 3 N–H and O–H groups in total. The number of nitrogens with one attached hydrogen (secondary N) is 2. The van der Waals surface area contributed by atoms with Crippen molar-refractivity contribution in [3.8, 4) is 0 Å². The van der Waals surface area contributed by atoms with Crippen LogP contribution in [0.5, 0.6) is 0 Å². The zero-order valence-corrected chi connectivity index (χ0v) is 19.9. The van der Waals surface area contributed by atoms with E-state index >= 15 is 0 Å². The molecule has 0 aliphatic rings. The van der Waals surface area contributed by atoms with Crippen molar-refractivity contribution in [3.05, 3.63) is 96.1 Å². The van der Waals surface area contributed by atoms with Gasteiger partial charge in [0, 0.05) is 22.3 Å². The van der Waals surface area contributed by atoms with E-state index in [9.17, 15) is 14.7 Å². The second-order valence-corrected chi connectivity index (χ2v) is 10.0. The number of amides is 2. The predicted molar refractivity (Wildman–Crippen MR) is 135 cm³/mol. The number of rotatable bonds is 8. The second kappa shape index (κ2) is 11.1. The highest BCUT2D eigenvalue weighted by atomic mass is 32.2. The maximum Gasteiger partial charge on any atom is 0.405 e. The van der Waals surface area contributed by atoms with Crippen molar-refractivity contribution in [3.63, 3.8) is 0 Å². The molecule has 2 amide bonds. The molecular weight excluding hydrogens is 432 g/mol. The Morgan fingerprint density at radius 2 is 1.45 bits per heavy atom. The van der Waals surface area contributed by atoms with Crippen molar-refractivity contribution in [2.45, 2.75) is 43.4 Å². The van der Waals surface area contributed by atoms with Crippen molar-refractivity contribution >= 4 is 29.4 Å². The lowest BCUT2D eigenvalue weighted by Gasteiger charge is -2.36. The highest BCUT2D eigenvalue weighted by Crippen LogP contribution is 2.38. The average Bonchev–Trinajstić information content (AvgIpc) is 2.78. The van der Waals surface area contributed by atoms with Crippen LogP contribution in [-0.2, 0) is 10.5 Å². The van der Waals surface area contributed by atoms with E-state index in [1.165, 1.54) is 5.56 Å². The van der Waals surface area contributed by atoms with Gasteiger partial charge in [0.2, 0.25) is 5.91 Å². The van der Waals surface area contributed by atoms with Crippen LogP contribution < -0.4 is 10.6 Å². The van der Waals surface area contributed by atoms with Gasteiger partial charge in [-0.05, 0) is 40.8 Å². The van der Waals surface area contributed by atoms with Crippen molar-refractivity contribution in [2.75, 3.05) is 5.32 Å². The SMILES string of the molecule is CC(C)(C)[C@@H](c1ccccc1)C(NC(=O)O)C(=O)Nc1ccc(SCc2ccccc2)cc1. The first-order valence-electron chi connectivity index (χ1n) is 10.9. The summed E-state index contributed by atoms with van der Waals surface area (Å²) in [5.41, 5.74) is 2.43. The highest BCUT2D eigenvalue weighted by molar-refractivity contribution is 7.98. The fourth-order valence-electron chi connectivity index (χ4n) is 3.88. The Balaban J connectivity index is 1.75. The van der Waals surface area contributed by atoms with E-state index in [1.807, 2.05) is 93.6 Å². The number of hydrogen-bond donors (Lipinski definition) is 3. The molecule has 5 nitrogen and oxygen atoms in total. The van der Waals surface area contributed by atoms with Crippen molar-refractivity contribution in [2.24, 2.45) is 5.41 Å². The Labute approximate surface area is 199 Å². The standard InChI is InChI=1S/C27H30N2O3S/c1-27(2,3)23(20-12-8-5-9-13-20)24(29-26(31)32)25(30)28-21-14-16-22(17-15-21)33-18-19-10-6-4-7-11-19/h4-17,23-24,29H,18H2,1-3H3,(H,28,30)(H,31,32)/t23-,24?/m0/s1. The summed E-state index contributed by atoms with van der Waals surface area (Å²) in [5.74, 6) is 0.128. The van der Waals surface area contributed by atoms with E-state index < -0.39 is 12.1 Å². The zero-order chi connectivity index (χ0) is 23.8. The minimum absolute atomic E-state index is 0.351. The highest BCUT2D eigenvalue weighted by Gasteiger charge is 2.38. The van der Waals surface area contributed by atoms with Crippen LogP contribution in [0, 0.1) is 5.41 Å². The third-order valence-corrected chi connectivity index (χ3v) is 6.44. The second-order valence-electron chi connectivity index (χ2n) is 8.97. The smallest absolute Gasteiger partial charge is 0.405 e. The molecule has 3 aromatic rings. The Bertz CT molecular complexity index is 1050. The zero-order valence-electron chi connectivity index (χ0n) is 19.1. The predicted octanol–water partition coefficient (Wildman–Crippen LogP) is 6.38.